The summed E-state index contributed by atoms with van der Waals surface area (Å²) in [7, 11) is -3.44. The van der Waals surface area contributed by atoms with Crippen molar-refractivity contribution in [2.75, 3.05) is 29.6 Å². The number of pyridine rings is 1. The first-order chi connectivity index (χ1) is 15.1. The highest BCUT2D eigenvalue weighted by molar-refractivity contribution is 7.90. The van der Waals surface area contributed by atoms with Gasteiger partial charge in [0.25, 0.3) is 5.91 Å². The number of sulfone groups is 1. The first-order valence-electron chi connectivity index (χ1n) is 10.3. The van der Waals surface area contributed by atoms with Gasteiger partial charge >= 0.3 is 0 Å². The molecule has 0 saturated carbocycles. The molecule has 0 spiro atoms. The van der Waals surface area contributed by atoms with E-state index in [1.54, 1.807) is 23.1 Å². The maximum atomic E-state index is 13.9. The zero-order valence-corrected chi connectivity index (χ0v) is 18.3. The van der Waals surface area contributed by atoms with Gasteiger partial charge in [0.15, 0.2) is 9.84 Å². The van der Waals surface area contributed by atoms with Gasteiger partial charge in [0.1, 0.15) is 5.82 Å². The second-order valence-electron chi connectivity index (χ2n) is 8.00. The van der Waals surface area contributed by atoms with E-state index in [0.717, 1.165) is 11.6 Å². The van der Waals surface area contributed by atoms with Gasteiger partial charge in [-0.2, -0.15) is 0 Å². The summed E-state index contributed by atoms with van der Waals surface area (Å²) in [6.07, 6.45) is 0.878. The predicted octanol–water partition coefficient (Wildman–Crippen LogP) is 4.52. The SMILES string of the molecule is CS(=O)(=O)c1cccc(NC(=O)c2cc3ccccc3nc2N2CCCC(F)(F)CC2)c1. The Hall–Kier alpha value is -3.07. The molecular formula is C23H23F2N3O3S. The number of carbonyl (C=O) groups excluding carboxylic acids is 1. The summed E-state index contributed by atoms with van der Waals surface area (Å²) >= 11 is 0. The van der Waals surface area contributed by atoms with Crippen molar-refractivity contribution in [1.82, 2.24) is 4.98 Å². The molecule has 2 heterocycles. The van der Waals surface area contributed by atoms with Gasteiger partial charge in [0.05, 0.1) is 16.0 Å². The van der Waals surface area contributed by atoms with Gasteiger partial charge in [-0.3, -0.25) is 4.79 Å². The van der Waals surface area contributed by atoms with Gasteiger partial charge < -0.3 is 10.2 Å². The minimum Gasteiger partial charge on any atom is -0.356 e. The summed E-state index contributed by atoms with van der Waals surface area (Å²) in [6.45, 7) is 0.451. The maximum Gasteiger partial charge on any atom is 0.259 e. The molecule has 1 aromatic heterocycles. The molecule has 0 radical (unpaired) electrons. The van der Waals surface area contributed by atoms with Crippen LogP contribution >= 0.6 is 0 Å². The van der Waals surface area contributed by atoms with Crippen LogP contribution < -0.4 is 10.2 Å². The van der Waals surface area contributed by atoms with Gasteiger partial charge in [0, 0.05) is 43.3 Å². The Morgan fingerprint density at radius 3 is 2.62 bits per heavy atom. The van der Waals surface area contributed by atoms with E-state index >= 15 is 0 Å². The lowest BCUT2D eigenvalue weighted by molar-refractivity contribution is -0.0102. The lowest BCUT2D eigenvalue weighted by Gasteiger charge is -2.24. The van der Waals surface area contributed by atoms with Crippen LogP contribution in [0.3, 0.4) is 0 Å². The number of aromatic nitrogens is 1. The smallest absolute Gasteiger partial charge is 0.259 e. The molecular weight excluding hydrogens is 436 g/mol. The quantitative estimate of drug-likeness (QED) is 0.621. The Labute approximate surface area is 185 Å². The van der Waals surface area contributed by atoms with E-state index in [1.807, 2.05) is 24.3 Å². The molecule has 4 rings (SSSR count). The van der Waals surface area contributed by atoms with Crippen molar-refractivity contribution in [2.45, 2.75) is 30.1 Å². The van der Waals surface area contributed by atoms with Gasteiger partial charge in [-0.05, 0) is 36.8 Å². The lowest BCUT2D eigenvalue weighted by Crippen LogP contribution is -2.29. The van der Waals surface area contributed by atoms with Crippen LogP contribution in [0.4, 0.5) is 20.3 Å². The summed E-state index contributed by atoms with van der Waals surface area (Å²) in [6, 6.07) is 14.9. The Morgan fingerprint density at radius 1 is 1.06 bits per heavy atom. The van der Waals surface area contributed by atoms with Crippen molar-refractivity contribution in [1.29, 1.82) is 0 Å². The molecule has 1 N–H and O–H groups in total. The topological polar surface area (TPSA) is 79.4 Å². The number of hydrogen-bond acceptors (Lipinski definition) is 5. The number of carbonyl (C=O) groups is 1. The second-order valence-corrected chi connectivity index (χ2v) is 10.0. The summed E-state index contributed by atoms with van der Waals surface area (Å²) in [5.41, 5.74) is 1.23. The van der Waals surface area contributed by atoms with Crippen molar-refractivity contribution in [3.63, 3.8) is 0 Å². The molecule has 1 amide bonds. The zero-order valence-electron chi connectivity index (χ0n) is 17.5. The van der Waals surface area contributed by atoms with Crippen LogP contribution in [0, 0.1) is 0 Å². The summed E-state index contributed by atoms with van der Waals surface area (Å²) in [5, 5.41) is 3.47. The molecule has 1 aliphatic rings. The first kappa shape index (κ1) is 22.1. The highest BCUT2D eigenvalue weighted by Gasteiger charge is 2.33. The van der Waals surface area contributed by atoms with E-state index in [4.69, 9.17) is 0 Å². The number of halogens is 2. The van der Waals surface area contributed by atoms with E-state index in [9.17, 15) is 22.0 Å². The number of amides is 1. The van der Waals surface area contributed by atoms with Crippen LogP contribution in [0.25, 0.3) is 10.9 Å². The third-order valence-electron chi connectivity index (χ3n) is 5.49. The molecule has 0 bridgehead atoms. The van der Waals surface area contributed by atoms with Gasteiger partial charge in [-0.25, -0.2) is 22.2 Å². The second kappa shape index (κ2) is 8.46. The van der Waals surface area contributed by atoms with E-state index in [2.05, 4.69) is 10.3 Å². The maximum absolute atomic E-state index is 13.9. The van der Waals surface area contributed by atoms with Crippen molar-refractivity contribution < 1.29 is 22.0 Å². The summed E-state index contributed by atoms with van der Waals surface area (Å²) in [4.78, 5) is 19.7. The molecule has 32 heavy (non-hydrogen) atoms. The fourth-order valence-corrected chi connectivity index (χ4v) is 4.46. The van der Waals surface area contributed by atoms with Crippen LogP contribution in [0.5, 0.6) is 0 Å². The van der Waals surface area contributed by atoms with Gasteiger partial charge in [0.2, 0.25) is 5.92 Å². The van der Waals surface area contributed by atoms with E-state index in [1.165, 1.54) is 12.1 Å². The van der Waals surface area contributed by atoms with Crippen LogP contribution in [0.15, 0.2) is 59.5 Å². The average molecular weight is 460 g/mol. The van der Waals surface area contributed by atoms with Crippen molar-refractivity contribution >= 4 is 38.2 Å². The Bertz CT molecular complexity index is 1280. The summed E-state index contributed by atoms with van der Waals surface area (Å²) in [5.74, 6) is -2.88. The monoisotopic (exact) mass is 459 g/mol. The number of hydrogen-bond donors (Lipinski definition) is 1. The van der Waals surface area contributed by atoms with E-state index in [0.29, 0.717) is 30.0 Å². The Morgan fingerprint density at radius 2 is 1.84 bits per heavy atom. The molecule has 6 nitrogen and oxygen atoms in total. The molecule has 0 unspecified atom stereocenters. The average Bonchev–Trinajstić information content (AvgIpc) is 2.92. The number of nitrogens with one attached hydrogen (secondary N) is 1. The minimum atomic E-state index is -3.44. The normalized spacial score (nSPS) is 16.5. The molecule has 0 atom stereocenters. The predicted molar refractivity (Wildman–Crippen MR) is 120 cm³/mol. The van der Waals surface area contributed by atoms with Crippen molar-refractivity contribution in [3.05, 3.63) is 60.2 Å². The number of anilines is 2. The van der Waals surface area contributed by atoms with Crippen molar-refractivity contribution in [2.24, 2.45) is 0 Å². The number of nitrogens with zero attached hydrogens (tertiary/aromatic N) is 2. The fraction of sp³-hybridized carbons (Fsp3) is 0.304. The third-order valence-corrected chi connectivity index (χ3v) is 6.60. The van der Waals surface area contributed by atoms with Crippen LogP contribution in [-0.4, -0.2) is 44.6 Å². The molecule has 2 aromatic carbocycles. The highest BCUT2D eigenvalue weighted by Crippen LogP contribution is 2.32. The van der Waals surface area contributed by atoms with Crippen LogP contribution in [0.1, 0.15) is 29.6 Å². The van der Waals surface area contributed by atoms with Gasteiger partial charge in [-0.15, -0.1) is 0 Å². The molecule has 0 aliphatic carbocycles. The Balaban J connectivity index is 1.72. The van der Waals surface area contributed by atoms with Crippen LogP contribution in [0.2, 0.25) is 0 Å². The Kier molecular flexibility index (Phi) is 5.85. The van der Waals surface area contributed by atoms with Crippen LogP contribution in [-0.2, 0) is 9.84 Å². The fourth-order valence-electron chi connectivity index (χ4n) is 3.79. The molecule has 1 saturated heterocycles. The number of para-hydroxylation sites is 1. The summed E-state index contributed by atoms with van der Waals surface area (Å²) < 4.78 is 51.5. The standard InChI is InChI=1S/C23H23F2N3O3S/c1-32(30,31)18-8-4-7-17(15-18)26-22(29)19-14-16-6-2-3-9-20(16)27-21(19)28-12-5-10-23(24,25)11-13-28/h2-4,6-9,14-15H,5,10-13H2,1H3,(H,26,29). The van der Waals surface area contributed by atoms with Crippen molar-refractivity contribution in [3.8, 4) is 0 Å². The van der Waals surface area contributed by atoms with E-state index in [-0.39, 0.29) is 29.8 Å². The first-order valence-corrected chi connectivity index (χ1v) is 12.2. The molecule has 168 valence electrons. The molecule has 9 heteroatoms. The number of alkyl halides is 2. The highest BCUT2D eigenvalue weighted by atomic mass is 32.2. The minimum absolute atomic E-state index is 0.0851. The molecule has 1 fully saturated rings. The lowest BCUT2D eigenvalue weighted by atomic mass is 10.1. The number of fused-ring (bicyclic) bond motifs is 1. The number of rotatable bonds is 4. The molecule has 3 aromatic rings. The van der Waals surface area contributed by atoms with E-state index < -0.39 is 21.7 Å². The third kappa shape index (κ3) is 4.88. The molecule has 1 aliphatic heterocycles. The van der Waals surface area contributed by atoms with Gasteiger partial charge in [-0.1, -0.05) is 24.3 Å². The zero-order chi connectivity index (χ0) is 22.9. The number of benzene rings is 2. The largest absolute Gasteiger partial charge is 0.356 e.